The van der Waals surface area contributed by atoms with E-state index in [1.165, 1.54) is 25.9 Å². The van der Waals surface area contributed by atoms with Crippen LogP contribution in [0.3, 0.4) is 0 Å². The number of aromatic nitrogens is 2. The van der Waals surface area contributed by atoms with Crippen molar-refractivity contribution in [1.29, 1.82) is 0 Å². The Balaban J connectivity index is 1.36. The Hall–Kier alpha value is -2.21. The number of fused-ring (bicyclic) bond motifs is 3. The Morgan fingerprint density at radius 2 is 2.00 bits per heavy atom. The van der Waals surface area contributed by atoms with Crippen LogP contribution in [0, 0.1) is 5.92 Å². The third kappa shape index (κ3) is 2.82. The van der Waals surface area contributed by atoms with Crippen LogP contribution in [0.25, 0.3) is 0 Å². The summed E-state index contributed by atoms with van der Waals surface area (Å²) >= 11 is 0. The van der Waals surface area contributed by atoms with Gasteiger partial charge < -0.3 is 14.3 Å². The highest BCUT2D eigenvalue weighted by atomic mass is 16.5. The fourth-order valence-electron chi connectivity index (χ4n) is 4.74. The first-order valence-corrected chi connectivity index (χ1v) is 9.71. The molecule has 6 nitrogen and oxygen atoms in total. The molecule has 4 fully saturated rings. The van der Waals surface area contributed by atoms with Crippen LogP contribution >= 0.6 is 0 Å². The predicted octanol–water partition coefficient (Wildman–Crippen LogP) is 2.60. The number of hydrogen-bond acceptors (Lipinski definition) is 5. The molecule has 6 rings (SSSR count). The number of benzene rings is 1. The summed E-state index contributed by atoms with van der Waals surface area (Å²) in [6, 6.07) is 8.06. The molecule has 26 heavy (non-hydrogen) atoms. The Morgan fingerprint density at radius 3 is 2.73 bits per heavy atom. The van der Waals surface area contributed by atoms with Gasteiger partial charge in [0.2, 0.25) is 11.8 Å². The lowest BCUT2D eigenvalue weighted by atomic mass is 9.79. The van der Waals surface area contributed by atoms with Crippen LogP contribution in [-0.2, 0) is 11.2 Å². The molecule has 1 amide bonds. The molecule has 0 spiro atoms. The number of carbonyl (C=O) groups excluding carboxylic acids is 1. The monoisotopic (exact) mass is 352 g/mol. The van der Waals surface area contributed by atoms with E-state index in [9.17, 15) is 4.79 Å². The van der Waals surface area contributed by atoms with Gasteiger partial charge in [-0.3, -0.25) is 4.79 Å². The lowest BCUT2D eigenvalue weighted by Gasteiger charge is -2.43. The molecule has 6 heteroatoms. The number of nitrogens with zero attached hydrogens (tertiary/aromatic N) is 4. The zero-order valence-corrected chi connectivity index (χ0v) is 14.9. The number of anilines is 1. The smallest absolute Gasteiger partial charge is 0.231 e. The lowest BCUT2D eigenvalue weighted by Crippen LogP contribution is -2.46. The second-order valence-corrected chi connectivity index (χ2v) is 7.75. The van der Waals surface area contributed by atoms with E-state index < -0.39 is 0 Å². The summed E-state index contributed by atoms with van der Waals surface area (Å²) in [5.41, 5.74) is 2.06. The summed E-state index contributed by atoms with van der Waals surface area (Å²) in [6.07, 6.45) is 4.63. The largest absolute Gasteiger partial charge is 0.339 e. The molecule has 0 saturated carbocycles. The average Bonchev–Trinajstić information content (AvgIpc) is 3.32. The molecule has 1 unspecified atom stereocenters. The third-order valence-electron chi connectivity index (χ3n) is 6.17. The average molecular weight is 352 g/mol. The molecule has 2 bridgehead atoms. The fourth-order valence-corrected chi connectivity index (χ4v) is 4.74. The molecule has 0 aliphatic carbocycles. The van der Waals surface area contributed by atoms with Gasteiger partial charge in [-0.2, -0.15) is 4.98 Å². The first-order valence-electron chi connectivity index (χ1n) is 9.71. The maximum Gasteiger partial charge on any atom is 0.231 e. The van der Waals surface area contributed by atoms with E-state index in [0.717, 1.165) is 36.6 Å². The van der Waals surface area contributed by atoms with E-state index in [-0.39, 0.29) is 5.91 Å². The molecule has 0 N–H and O–H groups in total. The van der Waals surface area contributed by atoms with Crippen molar-refractivity contribution in [3.8, 4) is 0 Å². The molecule has 4 saturated heterocycles. The summed E-state index contributed by atoms with van der Waals surface area (Å²) in [6.45, 7) is 4.28. The topological polar surface area (TPSA) is 62.5 Å². The highest BCUT2D eigenvalue weighted by molar-refractivity contribution is 5.96. The summed E-state index contributed by atoms with van der Waals surface area (Å²) in [5, 5.41) is 4.30. The van der Waals surface area contributed by atoms with Gasteiger partial charge in [-0.15, -0.1) is 0 Å². The van der Waals surface area contributed by atoms with Gasteiger partial charge in [-0.1, -0.05) is 23.4 Å². The molecular formula is C20H24N4O2. The molecular weight excluding hydrogens is 328 g/mol. The second-order valence-electron chi connectivity index (χ2n) is 7.75. The molecule has 4 aliphatic heterocycles. The van der Waals surface area contributed by atoms with E-state index in [2.05, 4.69) is 16.1 Å². The van der Waals surface area contributed by atoms with E-state index in [1.807, 2.05) is 23.1 Å². The Kier molecular flexibility index (Phi) is 4.00. The van der Waals surface area contributed by atoms with Crippen LogP contribution in [0.15, 0.2) is 28.8 Å². The summed E-state index contributed by atoms with van der Waals surface area (Å²) in [5.74, 6) is 2.82. The highest BCUT2D eigenvalue weighted by Crippen LogP contribution is 2.38. The van der Waals surface area contributed by atoms with E-state index in [1.54, 1.807) is 0 Å². The van der Waals surface area contributed by atoms with Gasteiger partial charge in [-0.05, 0) is 49.9 Å². The van der Waals surface area contributed by atoms with Crippen molar-refractivity contribution in [1.82, 2.24) is 15.0 Å². The Morgan fingerprint density at radius 1 is 1.15 bits per heavy atom. The van der Waals surface area contributed by atoms with Gasteiger partial charge >= 0.3 is 0 Å². The predicted molar refractivity (Wildman–Crippen MR) is 97.0 cm³/mol. The number of para-hydroxylation sites is 1. The zero-order valence-electron chi connectivity index (χ0n) is 14.9. The van der Waals surface area contributed by atoms with Crippen molar-refractivity contribution in [3.05, 3.63) is 41.5 Å². The summed E-state index contributed by atoms with van der Waals surface area (Å²) < 4.78 is 5.59. The molecule has 136 valence electrons. The Labute approximate surface area is 153 Å². The van der Waals surface area contributed by atoms with Gasteiger partial charge in [0.15, 0.2) is 5.82 Å². The highest BCUT2D eigenvalue weighted by Gasteiger charge is 2.37. The van der Waals surface area contributed by atoms with Crippen LogP contribution in [0.5, 0.6) is 0 Å². The van der Waals surface area contributed by atoms with Gasteiger partial charge in [0.1, 0.15) is 0 Å². The van der Waals surface area contributed by atoms with Gasteiger partial charge in [0, 0.05) is 31.1 Å². The van der Waals surface area contributed by atoms with Crippen molar-refractivity contribution < 1.29 is 9.32 Å². The van der Waals surface area contributed by atoms with E-state index in [0.29, 0.717) is 30.6 Å². The number of piperidine rings is 3. The third-order valence-corrected chi connectivity index (χ3v) is 6.17. The second kappa shape index (κ2) is 6.50. The number of hydrogen-bond donors (Lipinski definition) is 0. The molecule has 4 aliphatic rings. The zero-order chi connectivity index (χ0) is 17.5. The summed E-state index contributed by atoms with van der Waals surface area (Å²) in [7, 11) is 0. The molecule has 5 heterocycles. The normalized spacial score (nSPS) is 28.1. The van der Waals surface area contributed by atoms with Crippen molar-refractivity contribution in [2.75, 3.05) is 31.1 Å². The van der Waals surface area contributed by atoms with Crippen LogP contribution in [0.2, 0.25) is 0 Å². The number of amides is 1. The maximum atomic E-state index is 12.1. The van der Waals surface area contributed by atoms with Crippen LogP contribution in [-0.4, -0.2) is 47.1 Å². The van der Waals surface area contributed by atoms with Crippen LogP contribution < -0.4 is 4.90 Å². The van der Waals surface area contributed by atoms with Gasteiger partial charge in [0.05, 0.1) is 6.42 Å². The number of carbonyl (C=O) groups is 1. The first-order chi connectivity index (χ1) is 12.8. The van der Waals surface area contributed by atoms with Crippen molar-refractivity contribution in [2.45, 2.75) is 38.0 Å². The van der Waals surface area contributed by atoms with Crippen molar-refractivity contribution in [2.24, 2.45) is 5.92 Å². The number of rotatable bonds is 4. The molecule has 2 aromatic rings. The van der Waals surface area contributed by atoms with Crippen molar-refractivity contribution >= 4 is 11.6 Å². The van der Waals surface area contributed by atoms with Crippen LogP contribution in [0.1, 0.15) is 48.9 Å². The standard InChI is InChI=1S/C20H24N4O2/c25-19-6-3-9-24(19)17-5-2-1-4-15(17)12-18-21-20(22-26-18)16-13-23-10-7-14(16)8-11-23/h1-2,4-5,14,16H,3,6-13H2. The Bertz CT molecular complexity index is 810. The van der Waals surface area contributed by atoms with E-state index >= 15 is 0 Å². The molecule has 1 atom stereocenters. The first kappa shape index (κ1) is 16.0. The quantitative estimate of drug-likeness (QED) is 0.846. The van der Waals surface area contributed by atoms with Gasteiger partial charge in [0.25, 0.3) is 0 Å². The molecule has 1 aromatic carbocycles. The minimum atomic E-state index is 0.205. The minimum Gasteiger partial charge on any atom is -0.339 e. The maximum absolute atomic E-state index is 12.1. The summed E-state index contributed by atoms with van der Waals surface area (Å²) in [4.78, 5) is 21.3. The minimum absolute atomic E-state index is 0.205. The lowest BCUT2D eigenvalue weighted by molar-refractivity contribution is -0.117. The van der Waals surface area contributed by atoms with Crippen LogP contribution in [0.4, 0.5) is 5.69 Å². The van der Waals surface area contributed by atoms with Crippen molar-refractivity contribution in [3.63, 3.8) is 0 Å². The van der Waals surface area contributed by atoms with E-state index in [4.69, 9.17) is 9.51 Å². The molecule has 1 aromatic heterocycles. The van der Waals surface area contributed by atoms with Gasteiger partial charge in [-0.25, -0.2) is 0 Å². The SMILES string of the molecule is O=C1CCCN1c1ccccc1Cc1nc(C2CN3CCC2CC3)no1. The fraction of sp³-hybridized carbons (Fsp3) is 0.550. The molecule has 0 radical (unpaired) electrons.